The van der Waals surface area contributed by atoms with Gasteiger partial charge in [0.1, 0.15) is 11.5 Å². The molecule has 4 nitrogen and oxygen atoms in total. The third-order valence-electron chi connectivity index (χ3n) is 3.43. The lowest BCUT2D eigenvalue weighted by Crippen LogP contribution is -2.19. The van der Waals surface area contributed by atoms with E-state index in [1.807, 2.05) is 0 Å². The molecule has 0 aliphatic heterocycles. The van der Waals surface area contributed by atoms with Crippen molar-refractivity contribution in [2.45, 2.75) is 6.92 Å². The Balaban J connectivity index is 1.97. The van der Waals surface area contributed by atoms with Gasteiger partial charge in [0, 0.05) is 11.1 Å². The molecule has 5 heteroatoms. The van der Waals surface area contributed by atoms with Crippen molar-refractivity contribution >= 4 is 22.4 Å². The fourth-order valence-electron chi connectivity index (χ4n) is 2.29. The van der Waals surface area contributed by atoms with Crippen LogP contribution in [0.25, 0.3) is 10.8 Å². The summed E-state index contributed by atoms with van der Waals surface area (Å²) < 4.78 is 13.1. The van der Waals surface area contributed by atoms with Gasteiger partial charge >= 0.3 is 0 Å². The molecule has 1 amide bonds. The quantitative estimate of drug-likeness (QED) is 0.762. The SMILES string of the molecule is Cc1cc(F)ccc1NC(=O)c1cc2ccccc2c(=O)[nH]1. The summed E-state index contributed by atoms with van der Waals surface area (Å²) in [6, 6.07) is 12.7. The summed E-state index contributed by atoms with van der Waals surface area (Å²) in [6.07, 6.45) is 0. The van der Waals surface area contributed by atoms with Crippen molar-refractivity contribution in [3.8, 4) is 0 Å². The Morgan fingerprint density at radius 3 is 2.68 bits per heavy atom. The standard InChI is InChI=1S/C17H13FN2O2/c1-10-8-12(18)6-7-14(10)19-17(22)15-9-11-4-2-3-5-13(11)16(21)20-15/h2-9H,1H3,(H,19,22)(H,20,21). The largest absolute Gasteiger partial charge is 0.320 e. The highest BCUT2D eigenvalue weighted by Gasteiger charge is 2.11. The second kappa shape index (κ2) is 5.44. The van der Waals surface area contributed by atoms with Gasteiger partial charge in [-0.15, -0.1) is 0 Å². The molecule has 110 valence electrons. The van der Waals surface area contributed by atoms with Crippen LogP contribution in [0.3, 0.4) is 0 Å². The summed E-state index contributed by atoms with van der Waals surface area (Å²) in [7, 11) is 0. The average Bonchev–Trinajstić information content (AvgIpc) is 2.50. The Labute approximate surface area is 125 Å². The fraction of sp³-hybridized carbons (Fsp3) is 0.0588. The van der Waals surface area contributed by atoms with Gasteiger partial charge in [0.15, 0.2) is 0 Å². The van der Waals surface area contributed by atoms with Crippen LogP contribution in [-0.2, 0) is 0 Å². The Kier molecular flexibility index (Phi) is 3.47. The van der Waals surface area contributed by atoms with E-state index in [0.717, 1.165) is 0 Å². The predicted molar refractivity (Wildman–Crippen MR) is 83.7 cm³/mol. The molecule has 2 N–H and O–H groups in total. The van der Waals surface area contributed by atoms with E-state index in [9.17, 15) is 14.0 Å². The Bertz CT molecular complexity index is 931. The van der Waals surface area contributed by atoms with Gasteiger partial charge in [-0.05, 0) is 48.2 Å². The number of hydrogen-bond acceptors (Lipinski definition) is 2. The Hall–Kier alpha value is -2.95. The smallest absolute Gasteiger partial charge is 0.272 e. The summed E-state index contributed by atoms with van der Waals surface area (Å²) in [4.78, 5) is 26.8. The summed E-state index contributed by atoms with van der Waals surface area (Å²) in [6.45, 7) is 1.70. The lowest BCUT2D eigenvalue weighted by atomic mass is 10.1. The van der Waals surface area contributed by atoms with Crippen LogP contribution in [0.1, 0.15) is 16.1 Å². The van der Waals surface area contributed by atoms with Gasteiger partial charge in [0.2, 0.25) is 0 Å². The maximum absolute atomic E-state index is 13.1. The van der Waals surface area contributed by atoms with Crippen molar-refractivity contribution in [1.29, 1.82) is 0 Å². The number of hydrogen-bond donors (Lipinski definition) is 2. The minimum absolute atomic E-state index is 0.160. The summed E-state index contributed by atoms with van der Waals surface area (Å²) in [5.74, 6) is -0.813. The van der Waals surface area contributed by atoms with Gasteiger partial charge in [-0.2, -0.15) is 0 Å². The number of pyridine rings is 1. The van der Waals surface area contributed by atoms with Gasteiger partial charge in [0.25, 0.3) is 11.5 Å². The van der Waals surface area contributed by atoms with Crippen molar-refractivity contribution in [3.63, 3.8) is 0 Å². The normalized spacial score (nSPS) is 10.6. The third-order valence-corrected chi connectivity index (χ3v) is 3.43. The van der Waals surface area contributed by atoms with Crippen LogP contribution in [-0.4, -0.2) is 10.9 Å². The maximum atomic E-state index is 13.1. The first-order valence-corrected chi connectivity index (χ1v) is 6.74. The number of carbonyl (C=O) groups excluding carboxylic acids is 1. The van der Waals surface area contributed by atoms with Crippen LogP contribution in [0, 0.1) is 12.7 Å². The molecule has 0 radical (unpaired) electrons. The first-order valence-electron chi connectivity index (χ1n) is 6.74. The van der Waals surface area contributed by atoms with E-state index in [-0.39, 0.29) is 17.1 Å². The number of aryl methyl sites for hydroxylation is 1. The summed E-state index contributed by atoms with van der Waals surface area (Å²) in [5, 5.41) is 3.88. The van der Waals surface area contributed by atoms with Gasteiger partial charge in [-0.3, -0.25) is 9.59 Å². The third kappa shape index (κ3) is 2.61. The number of halogens is 1. The molecule has 1 heterocycles. The van der Waals surface area contributed by atoms with Crippen LogP contribution >= 0.6 is 0 Å². The van der Waals surface area contributed by atoms with Gasteiger partial charge < -0.3 is 10.3 Å². The number of H-pyrrole nitrogens is 1. The first-order chi connectivity index (χ1) is 10.5. The van der Waals surface area contributed by atoms with Crippen molar-refractivity contribution < 1.29 is 9.18 Å². The number of amides is 1. The molecular weight excluding hydrogens is 283 g/mol. The van der Waals surface area contributed by atoms with E-state index in [0.29, 0.717) is 22.0 Å². The van der Waals surface area contributed by atoms with Crippen LogP contribution in [0.4, 0.5) is 10.1 Å². The van der Waals surface area contributed by atoms with E-state index in [2.05, 4.69) is 10.3 Å². The number of aromatic amines is 1. The second-order valence-electron chi connectivity index (χ2n) is 5.01. The predicted octanol–water partition coefficient (Wildman–Crippen LogP) is 3.23. The molecule has 0 aliphatic rings. The topological polar surface area (TPSA) is 62.0 Å². The molecule has 2 aromatic carbocycles. The lowest BCUT2D eigenvalue weighted by molar-refractivity contribution is 0.102. The highest BCUT2D eigenvalue weighted by Crippen LogP contribution is 2.17. The number of fused-ring (bicyclic) bond motifs is 1. The maximum Gasteiger partial charge on any atom is 0.272 e. The molecule has 0 unspecified atom stereocenters. The van der Waals surface area contributed by atoms with Crippen molar-refractivity contribution in [1.82, 2.24) is 4.98 Å². The molecule has 0 bridgehead atoms. The molecule has 0 fully saturated rings. The minimum Gasteiger partial charge on any atom is -0.320 e. The van der Waals surface area contributed by atoms with Crippen LogP contribution in [0.15, 0.2) is 53.3 Å². The number of benzene rings is 2. The molecule has 0 aliphatic carbocycles. The molecular formula is C17H13FN2O2. The van der Waals surface area contributed by atoms with E-state index in [1.54, 1.807) is 37.3 Å². The van der Waals surface area contributed by atoms with E-state index in [1.165, 1.54) is 18.2 Å². The average molecular weight is 296 g/mol. The molecule has 3 rings (SSSR count). The Morgan fingerprint density at radius 2 is 1.91 bits per heavy atom. The zero-order valence-electron chi connectivity index (χ0n) is 11.8. The van der Waals surface area contributed by atoms with Crippen molar-refractivity contribution in [3.05, 3.63) is 76.0 Å². The molecule has 0 spiro atoms. The number of carbonyl (C=O) groups is 1. The molecule has 3 aromatic rings. The fourth-order valence-corrected chi connectivity index (χ4v) is 2.29. The van der Waals surface area contributed by atoms with Gasteiger partial charge in [0.05, 0.1) is 0 Å². The van der Waals surface area contributed by atoms with Gasteiger partial charge in [-0.1, -0.05) is 18.2 Å². The van der Waals surface area contributed by atoms with Crippen LogP contribution < -0.4 is 10.9 Å². The highest BCUT2D eigenvalue weighted by atomic mass is 19.1. The van der Waals surface area contributed by atoms with Gasteiger partial charge in [-0.25, -0.2) is 4.39 Å². The monoisotopic (exact) mass is 296 g/mol. The van der Waals surface area contributed by atoms with E-state index in [4.69, 9.17) is 0 Å². The molecule has 0 atom stereocenters. The lowest BCUT2D eigenvalue weighted by Gasteiger charge is -2.09. The highest BCUT2D eigenvalue weighted by molar-refractivity contribution is 6.05. The number of aromatic nitrogens is 1. The van der Waals surface area contributed by atoms with E-state index < -0.39 is 5.91 Å². The van der Waals surface area contributed by atoms with Crippen LogP contribution in [0.5, 0.6) is 0 Å². The summed E-state index contributed by atoms with van der Waals surface area (Å²) in [5.41, 5.74) is 0.948. The molecule has 1 aromatic heterocycles. The van der Waals surface area contributed by atoms with Crippen LogP contribution in [0.2, 0.25) is 0 Å². The Morgan fingerprint density at radius 1 is 1.14 bits per heavy atom. The minimum atomic E-state index is -0.447. The zero-order valence-corrected chi connectivity index (χ0v) is 11.8. The summed E-state index contributed by atoms with van der Waals surface area (Å²) >= 11 is 0. The molecule has 0 saturated carbocycles. The molecule has 0 saturated heterocycles. The van der Waals surface area contributed by atoms with Crippen molar-refractivity contribution in [2.75, 3.05) is 5.32 Å². The zero-order chi connectivity index (χ0) is 15.7. The second-order valence-corrected chi connectivity index (χ2v) is 5.01. The van der Waals surface area contributed by atoms with E-state index >= 15 is 0 Å². The number of nitrogens with one attached hydrogen (secondary N) is 2. The first kappa shape index (κ1) is 14.0. The molecule has 22 heavy (non-hydrogen) atoms. The van der Waals surface area contributed by atoms with Crippen molar-refractivity contribution in [2.24, 2.45) is 0 Å². The number of rotatable bonds is 2. The number of anilines is 1.